The quantitative estimate of drug-likeness (QED) is 0.234. The van der Waals surface area contributed by atoms with Crippen molar-refractivity contribution in [2.45, 2.75) is 30.7 Å². The molecule has 2 N–H and O–H groups in total. The number of benzene rings is 3. The highest BCUT2D eigenvalue weighted by atomic mass is 127. The van der Waals surface area contributed by atoms with E-state index < -0.39 is 10.0 Å². The highest BCUT2D eigenvalue weighted by Gasteiger charge is 2.28. The molecule has 176 valence electrons. The first-order valence-corrected chi connectivity index (χ1v) is 13.2. The summed E-state index contributed by atoms with van der Waals surface area (Å²) in [5, 5.41) is 3.46. The lowest BCUT2D eigenvalue weighted by Gasteiger charge is -2.35. The lowest BCUT2D eigenvalue weighted by atomic mass is 9.85. The van der Waals surface area contributed by atoms with E-state index in [0.717, 1.165) is 29.0 Å². The molecule has 0 aliphatic carbocycles. The van der Waals surface area contributed by atoms with Gasteiger partial charge in [-0.3, -0.25) is 9.52 Å². The van der Waals surface area contributed by atoms with E-state index in [1.165, 1.54) is 0 Å². The average molecular weight is 588 g/mol. The molecule has 0 bridgehead atoms. The van der Waals surface area contributed by atoms with Gasteiger partial charge < -0.3 is 10.1 Å². The van der Waals surface area contributed by atoms with Crippen LogP contribution in [0.3, 0.4) is 0 Å². The topological polar surface area (TPSA) is 84.5 Å². The van der Waals surface area contributed by atoms with Gasteiger partial charge in [0, 0.05) is 37.7 Å². The normalized spacial score (nSPS) is 15.8. The second kappa shape index (κ2) is 9.42. The Labute approximate surface area is 213 Å². The third-order valence-corrected chi connectivity index (χ3v) is 8.28. The number of anilines is 1. The predicted molar refractivity (Wildman–Crippen MR) is 143 cm³/mol. The van der Waals surface area contributed by atoms with E-state index in [9.17, 15) is 13.2 Å². The standard InChI is InChI=1S/C26H25IN2O4S/c1-26(2)16-18-10-13-20(33-3)14-21(18)23(28-26)15-24(30)17-8-11-19(12-9-17)29-34(31,32)25-7-5-4-6-22(25)27/h4-15,28-29H,16H2,1-3H3/b23-15-. The van der Waals surface area contributed by atoms with Crippen molar-refractivity contribution in [3.8, 4) is 5.75 Å². The lowest BCUT2D eigenvalue weighted by molar-refractivity contribution is 0.104. The summed E-state index contributed by atoms with van der Waals surface area (Å²) >= 11 is 1.99. The maximum absolute atomic E-state index is 13.1. The van der Waals surface area contributed by atoms with E-state index in [4.69, 9.17) is 4.74 Å². The number of ketones is 1. The maximum atomic E-state index is 13.1. The monoisotopic (exact) mass is 588 g/mol. The van der Waals surface area contributed by atoms with Gasteiger partial charge >= 0.3 is 0 Å². The van der Waals surface area contributed by atoms with Crippen LogP contribution in [0.5, 0.6) is 5.75 Å². The molecule has 1 aliphatic heterocycles. The van der Waals surface area contributed by atoms with E-state index >= 15 is 0 Å². The molecule has 0 unspecified atom stereocenters. The van der Waals surface area contributed by atoms with Gasteiger partial charge in [0.2, 0.25) is 0 Å². The summed E-state index contributed by atoms with van der Waals surface area (Å²) in [5.41, 5.74) is 3.46. The van der Waals surface area contributed by atoms with Crippen LogP contribution in [0.4, 0.5) is 5.69 Å². The molecule has 0 aromatic heterocycles. The molecular formula is C26H25IN2O4S. The van der Waals surface area contributed by atoms with Crippen molar-refractivity contribution in [3.05, 3.63) is 93.1 Å². The Morgan fingerprint density at radius 1 is 1.09 bits per heavy atom. The molecule has 1 heterocycles. The van der Waals surface area contributed by atoms with Crippen molar-refractivity contribution in [3.63, 3.8) is 0 Å². The Morgan fingerprint density at radius 3 is 2.47 bits per heavy atom. The number of fused-ring (bicyclic) bond motifs is 1. The fraction of sp³-hybridized carbons (Fsp3) is 0.192. The fourth-order valence-corrected chi connectivity index (χ4v) is 6.34. The Balaban J connectivity index is 1.58. The number of halogens is 1. The molecule has 0 saturated carbocycles. The number of hydrogen-bond donors (Lipinski definition) is 2. The van der Waals surface area contributed by atoms with Gasteiger partial charge in [0.25, 0.3) is 10.0 Å². The smallest absolute Gasteiger partial charge is 0.262 e. The zero-order valence-electron chi connectivity index (χ0n) is 19.1. The Bertz CT molecular complexity index is 1380. The molecule has 0 amide bonds. The molecule has 6 nitrogen and oxygen atoms in total. The zero-order valence-corrected chi connectivity index (χ0v) is 22.0. The fourth-order valence-electron chi connectivity index (χ4n) is 3.94. The van der Waals surface area contributed by atoms with Crippen LogP contribution in [-0.4, -0.2) is 26.8 Å². The van der Waals surface area contributed by atoms with E-state index in [1.807, 2.05) is 40.8 Å². The van der Waals surface area contributed by atoms with Crippen LogP contribution in [0.25, 0.3) is 5.70 Å². The van der Waals surface area contributed by atoms with E-state index in [0.29, 0.717) is 14.8 Å². The van der Waals surface area contributed by atoms with Gasteiger partial charge in [-0.1, -0.05) is 18.2 Å². The molecular weight excluding hydrogens is 563 g/mol. The van der Waals surface area contributed by atoms with Crippen LogP contribution in [0.15, 0.2) is 77.7 Å². The van der Waals surface area contributed by atoms with Gasteiger partial charge in [0.1, 0.15) is 10.6 Å². The number of sulfonamides is 1. The summed E-state index contributed by atoms with van der Waals surface area (Å²) in [4.78, 5) is 13.3. The van der Waals surface area contributed by atoms with E-state index in [2.05, 4.69) is 23.9 Å². The number of nitrogens with one attached hydrogen (secondary N) is 2. The van der Waals surface area contributed by atoms with Gasteiger partial charge in [-0.25, -0.2) is 8.42 Å². The van der Waals surface area contributed by atoms with Crippen LogP contribution in [0.2, 0.25) is 0 Å². The lowest BCUT2D eigenvalue weighted by Crippen LogP contribution is -2.43. The molecule has 0 radical (unpaired) electrons. The highest BCUT2D eigenvalue weighted by Crippen LogP contribution is 2.32. The van der Waals surface area contributed by atoms with E-state index in [1.54, 1.807) is 61.7 Å². The minimum absolute atomic E-state index is 0.180. The maximum Gasteiger partial charge on any atom is 0.262 e. The molecule has 8 heteroatoms. The van der Waals surface area contributed by atoms with Crippen molar-refractivity contribution in [2.24, 2.45) is 0 Å². The molecule has 0 atom stereocenters. The van der Waals surface area contributed by atoms with Crippen LogP contribution in [0, 0.1) is 3.57 Å². The summed E-state index contributed by atoms with van der Waals surface area (Å²) in [7, 11) is -2.11. The zero-order chi connectivity index (χ0) is 24.5. The van der Waals surface area contributed by atoms with Crippen LogP contribution < -0.4 is 14.8 Å². The summed E-state index contributed by atoms with van der Waals surface area (Å²) in [6.45, 7) is 4.18. The minimum Gasteiger partial charge on any atom is -0.497 e. The number of hydrogen-bond acceptors (Lipinski definition) is 5. The molecule has 3 aromatic carbocycles. The van der Waals surface area contributed by atoms with Crippen molar-refractivity contribution in [1.29, 1.82) is 0 Å². The van der Waals surface area contributed by atoms with Gasteiger partial charge in [-0.2, -0.15) is 0 Å². The predicted octanol–water partition coefficient (Wildman–Crippen LogP) is 5.25. The van der Waals surface area contributed by atoms with Crippen molar-refractivity contribution < 1.29 is 17.9 Å². The second-order valence-corrected chi connectivity index (χ2v) is 11.6. The first kappa shape index (κ1) is 24.3. The number of methoxy groups -OCH3 is 1. The highest BCUT2D eigenvalue weighted by molar-refractivity contribution is 14.1. The van der Waals surface area contributed by atoms with Crippen LogP contribution in [0.1, 0.15) is 35.3 Å². The Kier molecular flexibility index (Phi) is 6.73. The SMILES string of the molecule is COc1ccc2c(c1)/C(=C/C(=O)c1ccc(NS(=O)(=O)c3ccccc3I)cc1)NC(C)(C)C2. The molecule has 4 rings (SSSR count). The third kappa shape index (κ3) is 5.28. The van der Waals surface area contributed by atoms with Crippen molar-refractivity contribution in [1.82, 2.24) is 5.32 Å². The molecule has 0 saturated heterocycles. The van der Waals surface area contributed by atoms with E-state index in [-0.39, 0.29) is 16.2 Å². The second-order valence-electron chi connectivity index (χ2n) is 8.74. The molecule has 0 fully saturated rings. The number of carbonyl (C=O) groups is 1. The molecule has 3 aromatic rings. The third-order valence-electron chi connectivity index (χ3n) is 5.54. The van der Waals surface area contributed by atoms with Crippen molar-refractivity contribution >= 4 is 49.8 Å². The van der Waals surface area contributed by atoms with Gasteiger partial charge in [0.05, 0.1) is 7.11 Å². The number of carbonyl (C=O) groups excluding carboxylic acids is 1. The first-order chi connectivity index (χ1) is 16.1. The van der Waals surface area contributed by atoms with Gasteiger partial charge in [-0.05, 0) is 97.0 Å². The van der Waals surface area contributed by atoms with Crippen LogP contribution >= 0.6 is 22.6 Å². The summed E-state index contributed by atoms with van der Waals surface area (Å²) in [6, 6.07) is 19.1. The van der Waals surface area contributed by atoms with Gasteiger partial charge in [-0.15, -0.1) is 0 Å². The average Bonchev–Trinajstić information content (AvgIpc) is 2.78. The summed E-state index contributed by atoms with van der Waals surface area (Å²) in [6.07, 6.45) is 2.41. The van der Waals surface area contributed by atoms with Crippen molar-refractivity contribution in [2.75, 3.05) is 11.8 Å². The Morgan fingerprint density at radius 2 is 1.79 bits per heavy atom. The Hall–Kier alpha value is -2.85. The van der Waals surface area contributed by atoms with Gasteiger partial charge in [0.15, 0.2) is 5.78 Å². The largest absolute Gasteiger partial charge is 0.497 e. The number of ether oxygens (including phenoxy) is 1. The number of allylic oxidation sites excluding steroid dienone is 1. The summed E-state index contributed by atoms with van der Waals surface area (Å²) in [5.74, 6) is 0.546. The molecule has 34 heavy (non-hydrogen) atoms. The first-order valence-electron chi connectivity index (χ1n) is 10.7. The minimum atomic E-state index is -3.73. The number of rotatable bonds is 6. The van der Waals surface area contributed by atoms with Crippen LogP contribution in [-0.2, 0) is 16.4 Å². The summed E-state index contributed by atoms with van der Waals surface area (Å²) < 4.78 is 34.0. The molecule has 1 aliphatic rings. The molecule has 0 spiro atoms.